The molecule has 434 valence electrons. The average molecular weight is 1070 g/mol. The number of rotatable bonds is 19. The lowest BCUT2D eigenvalue weighted by atomic mass is 9.84. The molecule has 4 saturated heterocycles. The molecule has 15 heteroatoms. The van der Waals surface area contributed by atoms with Crippen LogP contribution in [0.4, 0.5) is 10.1 Å². The van der Waals surface area contributed by atoms with E-state index in [4.69, 9.17) is 14.2 Å². The van der Waals surface area contributed by atoms with Gasteiger partial charge in [0.2, 0.25) is 0 Å². The Balaban J connectivity index is 0.000000880. The number of allylic oxidation sites excluding steroid dienone is 3. The minimum Gasteiger partial charge on any atom is -0.376 e. The minimum absolute atomic E-state index is 0.00654. The molecule has 0 radical (unpaired) electrons. The number of hydrogen-bond donors (Lipinski definition) is 3. The molecule has 2 aliphatic carbocycles. The highest BCUT2D eigenvalue weighted by Crippen LogP contribution is 2.41. The number of carbonyl (C=O) groups is 1. The molecule has 7 aliphatic rings. The fourth-order valence-electron chi connectivity index (χ4n) is 13.1. The van der Waals surface area contributed by atoms with E-state index < -0.39 is 6.17 Å². The number of carbonyl (C=O) groups excluding carboxylic acids is 1. The van der Waals surface area contributed by atoms with Gasteiger partial charge in [0.05, 0.1) is 62.4 Å². The van der Waals surface area contributed by atoms with E-state index in [-0.39, 0.29) is 41.0 Å². The van der Waals surface area contributed by atoms with Gasteiger partial charge in [0, 0.05) is 125 Å². The number of aromatic amines is 1. The number of likely N-dealkylation sites (tertiary alicyclic amines) is 1. The Morgan fingerprint density at radius 2 is 1.55 bits per heavy atom. The summed E-state index contributed by atoms with van der Waals surface area (Å²) in [4.78, 5) is 41.1. The van der Waals surface area contributed by atoms with Crippen LogP contribution in [0.2, 0.25) is 0 Å². The van der Waals surface area contributed by atoms with E-state index in [1.54, 1.807) is 6.92 Å². The topological polar surface area (TPSA) is 142 Å². The molecule has 5 aliphatic heterocycles. The Kier molecular flexibility index (Phi) is 24.9. The van der Waals surface area contributed by atoms with Gasteiger partial charge in [-0.25, -0.2) is 4.39 Å². The van der Waals surface area contributed by atoms with E-state index in [0.717, 1.165) is 153 Å². The number of Topliss-reactive ketones (excluding diaryl/α,β-unsaturated/α-hetero) is 1. The predicted molar refractivity (Wildman–Crippen MR) is 311 cm³/mol. The Bertz CT molecular complexity index is 2170. The third kappa shape index (κ3) is 18.9. The monoisotopic (exact) mass is 1070 g/mol. The maximum atomic E-state index is 13.9. The first-order chi connectivity index (χ1) is 36.9. The van der Waals surface area contributed by atoms with Gasteiger partial charge in [-0.05, 0) is 130 Å². The summed E-state index contributed by atoms with van der Waals surface area (Å²) < 4.78 is 33.5. The lowest BCUT2D eigenvalue weighted by Gasteiger charge is -2.44. The van der Waals surface area contributed by atoms with E-state index in [0.29, 0.717) is 81.6 Å². The molecule has 6 heterocycles. The first-order valence-electron chi connectivity index (χ1n) is 30.1. The van der Waals surface area contributed by atoms with Gasteiger partial charge < -0.3 is 39.6 Å². The number of nitriles is 1. The second kappa shape index (κ2) is 30.5. The van der Waals surface area contributed by atoms with Crippen LogP contribution in [0.15, 0.2) is 46.9 Å². The van der Waals surface area contributed by atoms with Crippen LogP contribution >= 0.6 is 0 Å². The lowest BCUT2D eigenvalue weighted by Crippen LogP contribution is -2.61. The number of pyridine rings is 1. The van der Waals surface area contributed by atoms with Crippen LogP contribution in [0.3, 0.4) is 0 Å². The summed E-state index contributed by atoms with van der Waals surface area (Å²) in [6, 6.07) is 6.05. The molecule has 6 fully saturated rings. The molecule has 0 spiro atoms. The summed E-state index contributed by atoms with van der Waals surface area (Å²) in [7, 11) is 0. The number of ether oxygens (including phenoxy) is 3. The van der Waals surface area contributed by atoms with Gasteiger partial charge in [0.15, 0.2) is 0 Å². The molecule has 77 heavy (non-hydrogen) atoms. The first kappa shape index (κ1) is 62.9. The zero-order chi connectivity index (χ0) is 55.8. The van der Waals surface area contributed by atoms with Crippen molar-refractivity contribution < 1.29 is 23.4 Å². The van der Waals surface area contributed by atoms with Crippen LogP contribution in [-0.4, -0.2) is 184 Å². The number of H-pyrrole nitrogens is 1. The maximum Gasteiger partial charge on any atom is 0.251 e. The molecular weight excluding hydrogens is 970 g/mol. The van der Waals surface area contributed by atoms with Crippen LogP contribution in [0.25, 0.3) is 0 Å². The van der Waals surface area contributed by atoms with Crippen molar-refractivity contribution in [1.29, 1.82) is 5.26 Å². The lowest BCUT2D eigenvalue weighted by molar-refractivity contribution is -0.119. The summed E-state index contributed by atoms with van der Waals surface area (Å²) >= 11 is 0. The second-order valence-electron chi connectivity index (χ2n) is 24.9. The van der Waals surface area contributed by atoms with Crippen LogP contribution in [0.5, 0.6) is 0 Å². The minimum atomic E-state index is -0.704. The van der Waals surface area contributed by atoms with Crippen LogP contribution in [0.1, 0.15) is 145 Å². The third-order valence-electron chi connectivity index (χ3n) is 17.4. The number of aromatic nitrogens is 1. The molecule has 14 nitrogen and oxygen atoms in total. The van der Waals surface area contributed by atoms with Gasteiger partial charge in [-0.1, -0.05) is 58.1 Å². The van der Waals surface area contributed by atoms with Crippen LogP contribution < -0.4 is 21.1 Å². The molecule has 5 unspecified atom stereocenters. The smallest absolute Gasteiger partial charge is 0.251 e. The van der Waals surface area contributed by atoms with Gasteiger partial charge in [-0.3, -0.25) is 24.3 Å². The summed E-state index contributed by atoms with van der Waals surface area (Å²) in [6.45, 7) is 42.4. The third-order valence-corrected chi connectivity index (χ3v) is 17.4. The molecule has 0 aromatic carbocycles. The van der Waals surface area contributed by atoms with E-state index in [2.05, 4.69) is 113 Å². The fourth-order valence-corrected chi connectivity index (χ4v) is 13.1. The SMILES string of the molecule is C=C(C)C/C(C)=C/C.C=C(CN1C[C@@H](C)NCC1CN1CCO[C@H](COC2CCC(C#N)C(OC[C@H]3CCCN(CC4CN[C@H](C)CN4CC(C)=O)C3)C2)C1)N1CC(C)(C)c2[nH]c(=O)c(CC3CCC(F)CC3)cc21.CC. The van der Waals surface area contributed by atoms with Gasteiger partial charge in [0.25, 0.3) is 5.56 Å². The highest BCUT2D eigenvalue weighted by Gasteiger charge is 2.40. The number of anilines is 1. The zero-order valence-corrected chi connectivity index (χ0v) is 49.6. The van der Waals surface area contributed by atoms with Gasteiger partial charge in [-0.15, -0.1) is 0 Å². The fraction of sp³-hybridized carbons (Fsp3) is 0.790. The molecule has 8 rings (SSSR count). The first-order valence-corrected chi connectivity index (χ1v) is 30.1. The van der Waals surface area contributed by atoms with E-state index in [1.807, 2.05) is 20.8 Å². The number of hydrogen-bond acceptors (Lipinski definition) is 13. The van der Waals surface area contributed by atoms with E-state index in [9.17, 15) is 19.2 Å². The number of nitrogens with one attached hydrogen (secondary N) is 3. The number of fused-ring (bicyclic) bond motifs is 1. The number of alkyl halides is 1. The van der Waals surface area contributed by atoms with Crippen molar-refractivity contribution in [2.75, 3.05) is 110 Å². The highest BCUT2D eigenvalue weighted by molar-refractivity contribution is 5.77. The predicted octanol–water partition coefficient (Wildman–Crippen LogP) is 8.42. The molecular formula is C62H104FN9O5. The number of ketones is 1. The quantitative estimate of drug-likeness (QED) is 0.114. The largest absolute Gasteiger partial charge is 0.376 e. The summed E-state index contributed by atoms with van der Waals surface area (Å²) in [5.74, 6) is 0.887. The molecule has 0 bridgehead atoms. The zero-order valence-electron chi connectivity index (χ0n) is 49.6. The number of piperidine rings is 1. The van der Waals surface area contributed by atoms with Gasteiger partial charge in [-0.2, -0.15) is 5.26 Å². The normalized spacial score (nSPS) is 31.5. The Hall–Kier alpha value is -3.30. The molecule has 3 N–H and O–H groups in total. The summed E-state index contributed by atoms with van der Waals surface area (Å²) in [5, 5.41) is 17.5. The number of piperazine rings is 2. The molecule has 1 aromatic rings. The Morgan fingerprint density at radius 1 is 0.883 bits per heavy atom. The van der Waals surface area contributed by atoms with Gasteiger partial charge >= 0.3 is 0 Å². The highest BCUT2D eigenvalue weighted by atomic mass is 19.1. The maximum absolute atomic E-state index is 13.9. The van der Waals surface area contributed by atoms with Crippen LogP contribution in [0, 0.1) is 29.1 Å². The van der Waals surface area contributed by atoms with Gasteiger partial charge in [0.1, 0.15) is 12.0 Å². The number of halogens is 1. The Labute approximate surface area is 464 Å². The van der Waals surface area contributed by atoms with Crippen molar-refractivity contribution in [3.8, 4) is 6.07 Å². The number of morpholine rings is 1. The van der Waals surface area contributed by atoms with E-state index >= 15 is 0 Å². The van der Waals surface area contributed by atoms with Crippen LogP contribution in [-0.2, 0) is 30.8 Å². The van der Waals surface area contributed by atoms with Crippen molar-refractivity contribution in [3.05, 3.63) is 63.8 Å². The average Bonchev–Trinajstić information content (AvgIpc) is 3.68. The van der Waals surface area contributed by atoms with Crippen molar-refractivity contribution in [2.24, 2.45) is 17.8 Å². The standard InChI is InChI=1S/C52H84FN9O5.C8H14.C2H6/c1-35-24-60(26-37(3)62-34-52(5,6)50-48(62)19-42(51(64)57-50)18-39-9-12-43(53)13-10-39)44(22-55-35)30-59-16-17-65-47(31-59)33-66-46-14-11-41(21-54)49(20-46)67-32-40-8-7-15-58(28-40)29-45-23-56-36(2)25-61(45)27-38(4)63;1-5-8(4)6-7(2)3;1-2/h19,35-36,39-41,43-47,49,55-56H,3,7-18,20,22-34H2,1-2,4-6H3,(H,57,64);5H,2,6H2,1,3-4H3;1-2H3/b;8-5+;/t35-,36-,39?,40+,41?,43?,44?,45?,46?,47+,49?;;/m1../s1. The summed E-state index contributed by atoms with van der Waals surface area (Å²) in [6.07, 6.45) is 10.6. The van der Waals surface area contributed by atoms with Crippen molar-refractivity contribution in [3.63, 3.8) is 0 Å². The van der Waals surface area contributed by atoms with Crippen molar-refractivity contribution >= 4 is 11.5 Å². The van der Waals surface area contributed by atoms with E-state index in [1.165, 1.54) is 11.1 Å². The van der Waals surface area contributed by atoms with Crippen molar-refractivity contribution in [1.82, 2.24) is 35.2 Å². The summed E-state index contributed by atoms with van der Waals surface area (Å²) in [5.41, 5.74) is 6.30. The molecule has 1 aromatic heterocycles. The molecule has 2 saturated carbocycles. The number of nitrogens with zero attached hydrogens (tertiary/aromatic N) is 6. The molecule has 0 amide bonds. The molecule has 9 atom stereocenters. The van der Waals surface area contributed by atoms with Crippen molar-refractivity contribution in [2.45, 2.75) is 194 Å². The second-order valence-corrected chi connectivity index (χ2v) is 24.9. The Morgan fingerprint density at radius 3 is 2.17 bits per heavy atom.